The summed E-state index contributed by atoms with van der Waals surface area (Å²) in [5.74, 6) is -0.437. The number of alkyl halides is 3. The fourth-order valence-corrected chi connectivity index (χ4v) is 3.29. The van der Waals surface area contributed by atoms with Crippen molar-refractivity contribution in [3.05, 3.63) is 77.3 Å². The van der Waals surface area contributed by atoms with Gasteiger partial charge in [-0.3, -0.25) is 0 Å². The van der Waals surface area contributed by atoms with Crippen LogP contribution >= 0.6 is 11.6 Å². The topological polar surface area (TPSA) is 43.4 Å². The molecule has 8 heteroatoms. The summed E-state index contributed by atoms with van der Waals surface area (Å²) in [6.07, 6.45) is 0. The van der Waals surface area contributed by atoms with E-state index in [2.05, 4.69) is 4.18 Å². The first-order chi connectivity index (χ1) is 13.1. The molecule has 0 N–H and O–H groups in total. The third kappa shape index (κ3) is 4.31. The Labute approximate surface area is 165 Å². The van der Waals surface area contributed by atoms with Crippen LogP contribution in [0.4, 0.5) is 13.2 Å². The molecule has 0 atom stereocenters. The summed E-state index contributed by atoms with van der Waals surface area (Å²) >= 11 is 6.38. The first kappa shape index (κ1) is 20.2. The normalized spacial score (nSPS) is 12.0. The van der Waals surface area contributed by atoms with Crippen LogP contribution in [0.25, 0.3) is 22.3 Å². The highest BCUT2D eigenvalue weighted by Crippen LogP contribution is 2.34. The number of benzene rings is 3. The molecule has 3 nitrogen and oxygen atoms in total. The van der Waals surface area contributed by atoms with Crippen molar-refractivity contribution >= 4 is 21.7 Å². The second-order valence-corrected chi connectivity index (χ2v) is 8.01. The van der Waals surface area contributed by atoms with Crippen LogP contribution in [-0.2, 0) is 10.1 Å². The maximum atomic E-state index is 12.4. The fourth-order valence-electron chi connectivity index (χ4n) is 2.54. The molecule has 0 radical (unpaired) electrons. The molecule has 0 amide bonds. The van der Waals surface area contributed by atoms with Crippen LogP contribution in [0.5, 0.6) is 5.75 Å². The number of aryl methyl sites for hydroxylation is 1. The third-order valence-electron chi connectivity index (χ3n) is 4.01. The quantitative estimate of drug-likeness (QED) is 0.368. The van der Waals surface area contributed by atoms with Gasteiger partial charge in [-0.25, -0.2) is 0 Å². The maximum absolute atomic E-state index is 12.4. The lowest BCUT2D eigenvalue weighted by Crippen LogP contribution is -2.28. The van der Waals surface area contributed by atoms with Crippen LogP contribution in [0, 0.1) is 6.92 Å². The molecule has 3 aromatic rings. The van der Waals surface area contributed by atoms with Gasteiger partial charge >= 0.3 is 15.6 Å². The van der Waals surface area contributed by atoms with E-state index in [9.17, 15) is 21.6 Å². The van der Waals surface area contributed by atoms with Gasteiger partial charge in [-0.15, -0.1) is 0 Å². The van der Waals surface area contributed by atoms with Crippen molar-refractivity contribution in [2.75, 3.05) is 0 Å². The van der Waals surface area contributed by atoms with Crippen molar-refractivity contribution in [2.45, 2.75) is 12.4 Å². The summed E-state index contributed by atoms with van der Waals surface area (Å²) in [6.45, 7) is 1.99. The van der Waals surface area contributed by atoms with Gasteiger partial charge in [0.15, 0.2) is 0 Å². The van der Waals surface area contributed by atoms with Gasteiger partial charge in [0.2, 0.25) is 0 Å². The van der Waals surface area contributed by atoms with Gasteiger partial charge in [0.25, 0.3) is 0 Å². The molecule has 0 bridgehead atoms. The second-order valence-electron chi connectivity index (χ2n) is 6.07. The van der Waals surface area contributed by atoms with Crippen LogP contribution in [0.1, 0.15) is 5.56 Å². The van der Waals surface area contributed by atoms with Crippen molar-refractivity contribution in [1.82, 2.24) is 0 Å². The Kier molecular flexibility index (Phi) is 5.41. The van der Waals surface area contributed by atoms with Gasteiger partial charge in [0.1, 0.15) is 5.75 Å². The highest BCUT2D eigenvalue weighted by Gasteiger charge is 2.48. The molecular formula is C20H14ClF3O3S. The molecule has 0 aliphatic heterocycles. The predicted molar refractivity (Wildman–Crippen MR) is 103 cm³/mol. The van der Waals surface area contributed by atoms with E-state index in [0.717, 1.165) is 28.8 Å². The smallest absolute Gasteiger partial charge is 0.376 e. The van der Waals surface area contributed by atoms with Gasteiger partial charge in [-0.2, -0.15) is 21.6 Å². The van der Waals surface area contributed by atoms with Crippen molar-refractivity contribution in [1.29, 1.82) is 0 Å². The molecule has 0 saturated carbocycles. The standard InChI is InChI=1S/C20H14ClF3O3S/c1-13-2-4-14(5-3-13)16-8-11-18(19(21)12-16)15-6-9-17(10-7-15)27-28(25,26)20(22,23)24/h2-12H,1H3. The van der Waals surface area contributed by atoms with Gasteiger partial charge in [0.05, 0.1) is 0 Å². The zero-order valence-electron chi connectivity index (χ0n) is 14.5. The highest BCUT2D eigenvalue weighted by atomic mass is 35.5. The molecule has 0 unspecified atom stereocenters. The minimum absolute atomic E-state index is 0.437. The summed E-state index contributed by atoms with van der Waals surface area (Å²) in [7, 11) is -5.70. The Balaban J connectivity index is 1.85. The number of hydrogen-bond acceptors (Lipinski definition) is 3. The number of halogens is 4. The molecule has 146 valence electrons. The average Bonchev–Trinajstić information content (AvgIpc) is 2.62. The largest absolute Gasteiger partial charge is 0.534 e. The van der Waals surface area contributed by atoms with Crippen LogP contribution in [0.3, 0.4) is 0 Å². The van der Waals surface area contributed by atoms with Crippen LogP contribution in [0.2, 0.25) is 5.02 Å². The number of rotatable bonds is 4. The fraction of sp³-hybridized carbons (Fsp3) is 0.100. The highest BCUT2D eigenvalue weighted by molar-refractivity contribution is 7.88. The monoisotopic (exact) mass is 426 g/mol. The minimum Gasteiger partial charge on any atom is -0.376 e. The molecule has 3 aromatic carbocycles. The van der Waals surface area contributed by atoms with E-state index in [1.54, 1.807) is 12.1 Å². The maximum Gasteiger partial charge on any atom is 0.534 e. The Hall–Kier alpha value is -2.51. The first-order valence-electron chi connectivity index (χ1n) is 8.04. The summed E-state index contributed by atoms with van der Waals surface area (Å²) < 4.78 is 63.4. The van der Waals surface area contributed by atoms with Gasteiger partial charge in [0, 0.05) is 10.6 Å². The summed E-state index contributed by atoms with van der Waals surface area (Å²) in [6, 6.07) is 18.6. The first-order valence-corrected chi connectivity index (χ1v) is 9.83. The van der Waals surface area contributed by atoms with E-state index in [0.29, 0.717) is 16.1 Å². The summed E-state index contributed by atoms with van der Waals surface area (Å²) in [5, 5.41) is 0.453. The van der Waals surface area contributed by atoms with E-state index in [1.807, 2.05) is 37.3 Å². The van der Waals surface area contributed by atoms with E-state index in [1.165, 1.54) is 12.1 Å². The van der Waals surface area contributed by atoms with Crippen molar-refractivity contribution in [3.8, 4) is 28.0 Å². The molecule has 0 spiro atoms. The van der Waals surface area contributed by atoms with E-state index >= 15 is 0 Å². The molecule has 0 aromatic heterocycles. The van der Waals surface area contributed by atoms with Crippen molar-refractivity contribution in [3.63, 3.8) is 0 Å². The van der Waals surface area contributed by atoms with Crippen LogP contribution in [0.15, 0.2) is 66.7 Å². The van der Waals surface area contributed by atoms with E-state index in [-0.39, 0.29) is 0 Å². The van der Waals surface area contributed by atoms with Crippen molar-refractivity contribution in [2.24, 2.45) is 0 Å². The zero-order valence-corrected chi connectivity index (χ0v) is 16.1. The Morgan fingerprint density at radius 3 is 1.89 bits per heavy atom. The minimum atomic E-state index is -5.70. The van der Waals surface area contributed by atoms with E-state index in [4.69, 9.17) is 11.6 Å². The van der Waals surface area contributed by atoms with Gasteiger partial charge < -0.3 is 4.18 Å². The molecule has 0 fully saturated rings. The van der Waals surface area contributed by atoms with Crippen LogP contribution < -0.4 is 4.18 Å². The van der Waals surface area contributed by atoms with E-state index < -0.39 is 21.4 Å². The molecule has 3 rings (SSSR count). The third-order valence-corrected chi connectivity index (χ3v) is 5.30. The lowest BCUT2D eigenvalue weighted by molar-refractivity contribution is -0.0500. The molecule has 0 aliphatic rings. The van der Waals surface area contributed by atoms with Crippen molar-refractivity contribution < 1.29 is 25.8 Å². The second kappa shape index (κ2) is 7.48. The van der Waals surface area contributed by atoms with Gasteiger partial charge in [-0.05, 0) is 41.8 Å². The summed E-state index contributed by atoms with van der Waals surface area (Å²) in [4.78, 5) is 0. The lowest BCUT2D eigenvalue weighted by atomic mass is 9.99. The predicted octanol–water partition coefficient (Wildman–Crippen LogP) is 6.21. The van der Waals surface area contributed by atoms with Crippen LogP contribution in [-0.4, -0.2) is 13.9 Å². The average molecular weight is 427 g/mol. The molecule has 28 heavy (non-hydrogen) atoms. The Morgan fingerprint density at radius 1 is 0.821 bits per heavy atom. The molecule has 0 saturated heterocycles. The molecule has 0 heterocycles. The number of hydrogen-bond donors (Lipinski definition) is 0. The molecule has 0 aliphatic carbocycles. The Morgan fingerprint density at radius 2 is 1.36 bits per heavy atom. The SMILES string of the molecule is Cc1ccc(-c2ccc(-c3ccc(OS(=O)(=O)C(F)(F)F)cc3)c(Cl)c2)cc1. The molecular weight excluding hydrogens is 413 g/mol. The van der Waals surface area contributed by atoms with Gasteiger partial charge in [-0.1, -0.05) is 65.7 Å². The Bertz CT molecular complexity index is 1090. The summed E-state index contributed by atoms with van der Waals surface area (Å²) in [5.41, 5.74) is -1.16. The zero-order chi connectivity index (χ0) is 20.5. The lowest BCUT2D eigenvalue weighted by Gasteiger charge is -2.11.